The van der Waals surface area contributed by atoms with Crippen molar-refractivity contribution in [1.29, 1.82) is 0 Å². The van der Waals surface area contributed by atoms with E-state index in [0.717, 1.165) is 52.5 Å². The van der Waals surface area contributed by atoms with Crippen molar-refractivity contribution in [3.05, 3.63) is 113 Å². The zero-order chi connectivity index (χ0) is 29.0. The van der Waals surface area contributed by atoms with E-state index in [1.807, 2.05) is 12.1 Å². The third-order valence-electron chi connectivity index (χ3n) is 7.80. The predicted octanol–water partition coefficient (Wildman–Crippen LogP) is 12.2. The Morgan fingerprint density at radius 1 is 0.732 bits per heavy atom. The molecule has 0 aliphatic heterocycles. The van der Waals surface area contributed by atoms with Crippen molar-refractivity contribution < 1.29 is 4.74 Å². The largest absolute Gasteiger partial charge is 0.494 e. The molecule has 0 amide bonds. The first-order chi connectivity index (χ1) is 19.9. The molecule has 1 unspecified atom stereocenters. The van der Waals surface area contributed by atoms with Crippen molar-refractivity contribution in [2.24, 2.45) is 5.92 Å². The normalized spacial score (nSPS) is 11.7. The average Bonchev–Trinajstić information content (AvgIpc) is 2.98. The molecule has 0 aromatic heterocycles. The van der Waals surface area contributed by atoms with Gasteiger partial charge in [-0.25, -0.2) is 0 Å². The summed E-state index contributed by atoms with van der Waals surface area (Å²) in [5, 5.41) is 0.754. The van der Waals surface area contributed by atoms with Gasteiger partial charge < -0.3 is 4.74 Å². The highest BCUT2D eigenvalue weighted by atomic mass is 35.5. The van der Waals surface area contributed by atoms with Gasteiger partial charge in [0.05, 0.1) is 6.61 Å². The lowest BCUT2D eigenvalue weighted by atomic mass is 9.97. The van der Waals surface area contributed by atoms with Gasteiger partial charge in [-0.2, -0.15) is 0 Å². The monoisotopic (exact) mass is 564 g/mol. The molecule has 1 nitrogen and oxygen atoms in total. The molecule has 0 bridgehead atoms. The highest BCUT2D eigenvalue weighted by Crippen LogP contribution is 2.34. The molecule has 0 spiro atoms. The van der Waals surface area contributed by atoms with Crippen molar-refractivity contribution in [2.75, 3.05) is 6.61 Å². The molecule has 4 rings (SSSR count). The lowest BCUT2D eigenvalue weighted by Gasteiger charge is -2.12. The number of benzene rings is 4. The van der Waals surface area contributed by atoms with Gasteiger partial charge in [0, 0.05) is 10.6 Å². The van der Waals surface area contributed by atoms with Gasteiger partial charge in [-0.05, 0) is 103 Å². The van der Waals surface area contributed by atoms with Crippen LogP contribution in [0.15, 0.2) is 103 Å². The number of rotatable bonds is 14. The Hall–Kier alpha value is -3.29. The first-order valence-corrected chi connectivity index (χ1v) is 15.7. The predicted molar refractivity (Wildman–Crippen MR) is 179 cm³/mol. The number of ether oxygens (including phenoxy) is 1. The summed E-state index contributed by atoms with van der Waals surface area (Å²) in [5.74, 6) is 1.56. The van der Waals surface area contributed by atoms with Crippen LogP contribution in [0.1, 0.15) is 71.8 Å². The van der Waals surface area contributed by atoms with Crippen LogP contribution in [0.4, 0.5) is 0 Å². The van der Waals surface area contributed by atoms with Gasteiger partial charge in [0.2, 0.25) is 0 Å². The van der Waals surface area contributed by atoms with Gasteiger partial charge in [0.1, 0.15) is 5.75 Å². The molecule has 0 N–H and O–H groups in total. The van der Waals surface area contributed by atoms with Gasteiger partial charge in [0.15, 0.2) is 0 Å². The summed E-state index contributed by atoms with van der Waals surface area (Å²) >= 11 is 6.79. The molecule has 0 radical (unpaired) electrons. The number of unbranched alkanes of at least 4 members (excludes halogenated alkanes) is 2. The van der Waals surface area contributed by atoms with Crippen molar-refractivity contribution in [3.63, 3.8) is 0 Å². The summed E-state index contributed by atoms with van der Waals surface area (Å²) in [5.41, 5.74) is 9.72. The van der Waals surface area contributed by atoms with Gasteiger partial charge in [-0.3, -0.25) is 0 Å². The van der Waals surface area contributed by atoms with Crippen molar-refractivity contribution in [1.82, 2.24) is 0 Å². The summed E-state index contributed by atoms with van der Waals surface area (Å²) in [6, 6.07) is 32.4. The first kappa shape index (κ1) is 30.7. The molecule has 41 heavy (non-hydrogen) atoms. The van der Waals surface area contributed by atoms with Crippen LogP contribution in [0.5, 0.6) is 5.75 Å². The van der Waals surface area contributed by atoms with Crippen LogP contribution in [0.3, 0.4) is 0 Å². The minimum atomic E-state index is 0.657. The second-order valence-corrected chi connectivity index (χ2v) is 12.0. The summed E-state index contributed by atoms with van der Waals surface area (Å²) < 4.78 is 6.02. The number of halogens is 1. The molecule has 4 aromatic rings. The Morgan fingerprint density at radius 2 is 1.32 bits per heavy atom. The lowest BCUT2D eigenvalue weighted by molar-refractivity contribution is 0.279. The number of hydrogen-bond donors (Lipinski definition) is 0. The molecule has 4 aromatic carbocycles. The van der Waals surface area contributed by atoms with Crippen LogP contribution in [-0.4, -0.2) is 6.61 Å². The average molecular weight is 565 g/mol. The highest BCUT2D eigenvalue weighted by Gasteiger charge is 2.08. The Bertz CT molecular complexity index is 1380. The molecule has 2 heteroatoms. The highest BCUT2D eigenvalue weighted by molar-refractivity contribution is 6.33. The second kappa shape index (κ2) is 15.6. The maximum Gasteiger partial charge on any atom is 0.119 e. The topological polar surface area (TPSA) is 9.23 Å². The van der Waals surface area contributed by atoms with Crippen LogP contribution >= 0.6 is 11.6 Å². The van der Waals surface area contributed by atoms with Gasteiger partial charge in [0.25, 0.3) is 0 Å². The second-order valence-electron chi connectivity index (χ2n) is 11.6. The standard InChI is InChI=1S/C39H45ClO/c1-5-6-7-11-31-12-14-32(15-13-31)33-16-18-34(19-17-33)36-22-25-38(39(40)28-36)35-20-23-37(24-21-35)41-27-26-30(4)10-8-9-29(2)3/h9,12-25,28,30H,5-8,10-11,26-27H2,1-4H3. The van der Waals surface area contributed by atoms with E-state index in [2.05, 4.69) is 113 Å². The quantitative estimate of drug-likeness (QED) is 0.109. The first-order valence-electron chi connectivity index (χ1n) is 15.3. The Labute approximate surface area is 253 Å². The third kappa shape index (κ3) is 9.37. The van der Waals surface area contributed by atoms with E-state index in [4.69, 9.17) is 16.3 Å². The number of aryl methyl sites for hydroxylation is 1. The van der Waals surface area contributed by atoms with Crippen molar-refractivity contribution in [3.8, 4) is 39.1 Å². The van der Waals surface area contributed by atoms with Gasteiger partial charge in [-0.1, -0.05) is 123 Å². The fraction of sp³-hybridized carbons (Fsp3) is 0.333. The molecule has 214 valence electrons. The van der Waals surface area contributed by atoms with Crippen LogP contribution in [0, 0.1) is 5.92 Å². The van der Waals surface area contributed by atoms with Gasteiger partial charge in [-0.15, -0.1) is 0 Å². The summed E-state index contributed by atoms with van der Waals surface area (Å²) in [4.78, 5) is 0. The van der Waals surface area contributed by atoms with E-state index in [0.29, 0.717) is 5.92 Å². The van der Waals surface area contributed by atoms with E-state index in [1.54, 1.807) is 0 Å². The zero-order valence-corrected chi connectivity index (χ0v) is 26.0. The SMILES string of the molecule is CCCCCc1ccc(-c2ccc(-c3ccc(-c4ccc(OCCC(C)CCC=C(C)C)cc4)c(Cl)c3)cc2)cc1. The van der Waals surface area contributed by atoms with Gasteiger partial charge >= 0.3 is 0 Å². The van der Waals surface area contributed by atoms with Crippen LogP contribution in [-0.2, 0) is 6.42 Å². The number of hydrogen-bond acceptors (Lipinski definition) is 1. The smallest absolute Gasteiger partial charge is 0.119 e. The van der Waals surface area contributed by atoms with E-state index < -0.39 is 0 Å². The third-order valence-corrected chi connectivity index (χ3v) is 8.11. The van der Waals surface area contributed by atoms with E-state index in [1.165, 1.54) is 54.4 Å². The maximum atomic E-state index is 6.79. The lowest BCUT2D eigenvalue weighted by Crippen LogP contribution is -2.04. The van der Waals surface area contributed by atoms with E-state index in [-0.39, 0.29) is 0 Å². The van der Waals surface area contributed by atoms with E-state index >= 15 is 0 Å². The number of allylic oxidation sites excluding steroid dienone is 2. The van der Waals surface area contributed by atoms with Crippen LogP contribution in [0.2, 0.25) is 5.02 Å². The molecule has 1 atom stereocenters. The molecular weight excluding hydrogens is 520 g/mol. The Kier molecular flexibility index (Phi) is 11.7. The molecule has 0 saturated carbocycles. The van der Waals surface area contributed by atoms with Crippen LogP contribution < -0.4 is 4.74 Å². The Balaban J connectivity index is 1.33. The summed E-state index contributed by atoms with van der Waals surface area (Å²) in [7, 11) is 0. The molecule has 0 fully saturated rings. The molecule has 0 saturated heterocycles. The molecule has 0 aliphatic rings. The maximum absolute atomic E-state index is 6.79. The fourth-order valence-electron chi connectivity index (χ4n) is 5.14. The summed E-state index contributed by atoms with van der Waals surface area (Å²) in [6.07, 6.45) is 10.7. The fourth-order valence-corrected chi connectivity index (χ4v) is 5.43. The van der Waals surface area contributed by atoms with E-state index in [9.17, 15) is 0 Å². The molecule has 0 heterocycles. The summed E-state index contributed by atoms with van der Waals surface area (Å²) in [6.45, 7) is 9.62. The minimum absolute atomic E-state index is 0.657. The van der Waals surface area contributed by atoms with Crippen molar-refractivity contribution >= 4 is 11.6 Å². The Morgan fingerprint density at radius 3 is 1.93 bits per heavy atom. The molecular formula is C39H45ClO. The minimum Gasteiger partial charge on any atom is -0.494 e. The zero-order valence-electron chi connectivity index (χ0n) is 25.3. The van der Waals surface area contributed by atoms with Crippen LogP contribution in [0.25, 0.3) is 33.4 Å². The molecule has 0 aliphatic carbocycles. The van der Waals surface area contributed by atoms with Crippen molar-refractivity contribution in [2.45, 2.75) is 72.6 Å².